The van der Waals surface area contributed by atoms with E-state index >= 15 is 0 Å². The van der Waals surface area contributed by atoms with Crippen LogP contribution in [0.1, 0.15) is 35.6 Å². The summed E-state index contributed by atoms with van der Waals surface area (Å²) >= 11 is 0. The minimum atomic E-state index is -0.237. The van der Waals surface area contributed by atoms with Crippen LogP contribution in [-0.2, 0) is 11.2 Å². The van der Waals surface area contributed by atoms with Crippen molar-refractivity contribution in [2.24, 2.45) is 0 Å². The average molecular weight is 297 g/mol. The van der Waals surface area contributed by atoms with Crippen molar-refractivity contribution in [2.45, 2.75) is 32.2 Å². The van der Waals surface area contributed by atoms with Gasteiger partial charge in [-0.3, -0.25) is 4.79 Å². The number of likely N-dealkylation sites (tertiary alicyclic amines) is 1. The Hall–Kier alpha value is -2.16. The highest BCUT2D eigenvalue weighted by atomic mass is 19.1. The Morgan fingerprint density at radius 3 is 2.50 bits per heavy atom. The van der Waals surface area contributed by atoms with Crippen molar-refractivity contribution >= 4 is 5.91 Å². The number of nitrogens with zero attached hydrogens (tertiary/aromatic N) is 1. The van der Waals surface area contributed by atoms with E-state index in [1.54, 1.807) is 12.1 Å². The van der Waals surface area contributed by atoms with Crippen molar-refractivity contribution < 1.29 is 9.18 Å². The molecule has 1 aliphatic heterocycles. The maximum atomic E-state index is 13.1. The van der Waals surface area contributed by atoms with Crippen molar-refractivity contribution in [1.29, 1.82) is 0 Å². The normalized spacial score (nSPS) is 17.7. The molecule has 1 atom stereocenters. The maximum Gasteiger partial charge on any atom is 0.227 e. The average Bonchev–Trinajstić information content (AvgIpc) is 3.00. The number of carbonyl (C=O) groups excluding carboxylic acids is 1. The molecule has 3 rings (SSSR count). The molecule has 0 radical (unpaired) electrons. The lowest BCUT2D eigenvalue weighted by atomic mass is 10.0. The topological polar surface area (TPSA) is 20.3 Å². The van der Waals surface area contributed by atoms with Gasteiger partial charge in [-0.25, -0.2) is 4.39 Å². The van der Waals surface area contributed by atoms with E-state index in [2.05, 4.69) is 0 Å². The SMILES string of the molecule is Cc1ccc(CC(=O)N2CCCC2c2ccc(F)cc2)cc1. The third kappa shape index (κ3) is 3.19. The van der Waals surface area contributed by atoms with Gasteiger partial charge in [0.1, 0.15) is 5.82 Å². The zero-order chi connectivity index (χ0) is 15.5. The molecule has 2 aromatic carbocycles. The van der Waals surface area contributed by atoms with E-state index in [0.717, 1.165) is 30.5 Å². The fraction of sp³-hybridized carbons (Fsp3) is 0.316. The summed E-state index contributed by atoms with van der Waals surface area (Å²) in [5.41, 5.74) is 3.26. The summed E-state index contributed by atoms with van der Waals surface area (Å²) < 4.78 is 13.1. The molecule has 2 aromatic rings. The predicted octanol–water partition coefficient (Wildman–Crippen LogP) is 4.04. The zero-order valence-electron chi connectivity index (χ0n) is 12.8. The van der Waals surface area contributed by atoms with Gasteiger partial charge in [-0.15, -0.1) is 0 Å². The van der Waals surface area contributed by atoms with Crippen LogP contribution in [0.15, 0.2) is 48.5 Å². The number of carbonyl (C=O) groups is 1. The van der Waals surface area contributed by atoms with Crippen LogP contribution < -0.4 is 0 Å². The van der Waals surface area contributed by atoms with Crippen molar-refractivity contribution in [3.8, 4) is 0 Å². The Bertz CT molecular complexity index is 648. The summed E-state index contributed by atoms with van der Waals surface area (Å²) in [5, 5.41) is 0. The summed E-state index contributed by atoms with van der Waals surface area (Å²) in [6.45, 7) is 2.82. The second kappa shape index (κ2) is 6.30. The van der Waals surface area contributed by atoms with Gasteiger partial charge in [-0.2, -0.15) is 0 Å². The first-order valence-corrected chi connectivity index (χ1v) is 7.74. The molecule has 1 heterocycles. The first-order valence-electron chi connectivity index (χ1n) is 7.74. The van der Waals surface area contributed by atoms with Gasteiger partial charge >= 0.3 is 0 Å². The van der Waals surface area contributed by atoms with Crippen LogP contribution in [0.5, 0.6) is 0 Å². The van der Waals surface area contributed by atoms with Crippen LogP contribution in [0.25, 0.3) is 0 Å². The lowest BCUT2D eigenvalue weighted by Gasteiger charge is -2.25. The van der Waals surface area contributed by atoms with Gasteiger partial charge in [-0.05, 0) is 43.0 Å². The van der Waals surface area contributed by atoms with E-state index in [1.807, 2.05) is 36.1 Å². The summed E-state index contributed by atoms with van der Waals surface area (Å²) in [4.78, 5) is 14.5. The number of aryl methyl sites for hydroxylation is 1. The third-order valence-electron chi connectivity index (χ3n) is 4.30. The number of benzene rings is 2. The lowest BCUT2D eigenvalue weighted by Crippen LogP contribution is -2.31. The van der Waals surface area contributed by atoms with Crippen LogP contribution in [0.4, 0.5) is 4.39 Å². The third-order valence-corrected chi connectivity index (χ3v) is 4.30. The van der Waals surface area contributed by atoms with Gasteiger partial charge in [0.05, 0.1) is 12.5 Å². The Morgan fingerprint density at radius 2 is 1.82 bits per heavy atom. The lowest BCUT2D eigenvalue weighted by molar-refractivity contribution is -0.131. The molecular formula is C19H20FNO. The Balaban J connectivity index is 1.73. The standard InChI is InChI=1S/C19H20FNO/c1-14-4-6-15(7-5-14)13-19(22)21-12-2-3-18(21)16-8-10-17(20)11-9-16/h4-11,18H,2-3,12-13H2,1H3. The predicted molar refractivity (Wildman–Crippen MR) is 85.0 cm³/mol. The molecular weight excluding hydrogens is 277 g/mol. The summed E-state index contributed by atoms with van der Waals surface area (Å²) in [5.74, 6) is -0.0880. The molecule has 114 valence electrons. The van der Waals surface area contributed by atoms with E-state index in [-0.39, 0.29) is 17.8 Å². The fourth-order valence-electron chi connectivity index (χ4n) is 3.08. The monoisotopic (exact) mass is 297 g/mol. The molecule has 1 unspecified atom stereocenters. The first-order chi connectivity index (χ1) is 10.6. The highest BCUT2D eigenvalue weighted by molar-refractivity contribution is 5.79. The molecule has 2 nitrogen and oxygen atoms in total. The number of hydrogen-bond acceptors (Lipinski definition) is 1. The quantitative estimate of drug-likeness (QED) is 0.837. The molecule has 0 bridgehead atoms. The smallest absolute Gasteiger partial charge is 0.227 e. The van der Waals surface area contributed by atoms with Gasteiger partial charge in [0, 0.05) is 6.54 Å². The Labute approximate surface area is 130 Å². The molecule has 0 spiro atoms. The zero-order valence-corrected chi connectivity index (χ0v) is 12.8. The van der Waals surface area contributed by atoms with Gasteiger partial charge < -0.3 is 4.90 Å². The van der Waals surface area contributed by atoms with E-state index in [9.17, 15) is 9.18 Å². The van der Waals surface area contributed by atoms with Crippen LogP contribution in [0.2, 0.25) is 0 Å². The molecule has 3 heteroatoms. The highest BCUT2D eigenvalue weighted by Crippen LogP contribution is 2.32. The van der Waals surface area contributed by atoms with E-state index in [1.165, 1.54) is 17.7 Å². The van der Waals surface area contributed by atoms with Gasteiger partial charge in [0.15, 0.2) is 0 Å². The van der Waals surface area contributed by atoms with Crippen LogP contribution in [0, 0.1) is 12.7 Å². The van der Waals surface area contributed by atoms with E-state index < -0.39 is 0 Å². The molecule has 22 heavy (non-hydrogen) atoms. The number of rotatable bonds is 3. The minimum absolute atomic E-state index is 0.0820. The second-order valence-corrected chi connectivity index (χ2v) is 5.96. The molecule has 1 aliphatic rings. The van der Waals surface area contributed by atoms with Gasteiger partial charge in [0.2, 0.25) is 5.91 Å². The first kappa shape index (κ1) is 14.8. The molecule has 1 fully saturated rings. The molecule has 0 aliphatic carbocycles. The van der Waals surface area contributed by atoms with Gasteiger partial charge in [-0.1, -0.05) is 42.0 Å². The van der Waals surface area contributed by atoms with Crippen LogP contribution in [0.3, 0.4) is 0 Å². The second-order valence-electron chi connectivity index (χ2n) is 5.96. The molecule has 1 saturated heterocycles. The van der Waals surface area contributed by atoms with Crippen LogP contribution >= 0.6 is 0 Å². The summed E-state index contributed by atoms with van der Waals surface area (Å²) in [6, 6.07) is 14.7. The van der Waals surface area contributed by atoms with Crippen molar-refractivity contribution in [3.63, 3.8) is 0 Å². The Morgan fingerprint density at radius 1 is 1.14 bits per heavy atom. The van der Waals surface area contributed by atoms with Crippen molar-refractivity contribution in [3.05, 3.63) is 71.0 Å². The van der Waals surface area contributed by atoms with Crippen molar-refractivity contribution in [2.75, 3.05) is 6.54 Å². The highest BCUT2D eigenvalue weighted by Gasteiger charge is 2.29. The number of halogens is 1. The molecule has 1 amide bonds. The number of amides is 1. The van der Waals surface area contributed by atoms with Crippen molar-refractivity contribution in [1.82, 2.24) is 4.90 Å². The van der Waals surface area contributed by atoms with E-state index in [0.29, 0.717) is 6.42 Å². The number of hydrogen-bond donors (Lipinski definition) is 0. The van der Waals surface area contributed by atoms with Gasteiger partial charge in [0.25, 0.3) is 0 Å². The largest absolute Gasteiger partial charge is 0.335 e. The Kier molecular flexibility index (Phi) is 4.23. The molecule has 0 N–H and O–H groups in total. The van der Waals surface area contributed by atoms with E-state index in [4.69, 9.17) is 0 Å². The summed E-state index contributed by atoms with van der Waals surface area (Å²) in [7, 11) is 0. The molecule has 0 aromatic heterocycles. The van der Waals surface area contributed by atoms with Crippen LogP contribution in [-0.4, -0.2) is 17.4 Å². The minimum Gasteiger partial charge on any atom is -0.335 e. The molecule has 0 saturated carbocycles. The fourth-order valence-corrected chi connectivity index (χ4v) is 3.08. The summed E-state index contributed by atoms with van der Waals surface area (Å²) in [6.07, 6.45) is 2.38. The maximum absolute atomic E-state index is 13.1.